The van der Waals surface area contributed by atoms with Crippen LogP contribution in [0, 0.1) is 5.82 Å². The highest BCUT2D eigenvalue weighted by Crippen LogP contribution is 2.16. The van der Waals surface area contributed by atoms with E-state index in [1.54, 1.807) is 24.3 Å². The summed E-state index contributed by atoms with van der Waals surface area (Å²) in [7, 11) is 1.52. The third-order valence-electron chi connectivity index (χ3n) is 3.75. The average molecular weight is 384 g/mol. The Morgan fingerprint density at radius 1 is 1.07 bits per heavy atom. The van der Waals surface area contributed by atoms with Crippen molar-refractivity contribution in [3.8, 4) is 17.1 Å². The minimum Gasteiger partial charge on any atom is -0.497 e. The quantitative estimate of drug-likeness (QED) is 0.604. The smallest absolute Gasteiger partial charge is 0.316 e. The van der Waals surface area contributed by atoms with Crippen molar-refractivity contribution < 1.29 is 23.2 Å². The summed E-state index contributed by atoms with van der Waals surface area (Å²) in [6, 6.07) is 12.2. The number of carbonyl (C=O) groups is 2. The van der Waals surface area contributed by atoms with Gasteiger partial charge in [0.15, 0.2) is 0 Å². The van der Waals surface area contributed by atoms with Crippen molar-refractivity contribution in [3.63, 3.8) is 0 Å². The lowest BCUT2D eigenvalue weighted by Crippen LogP contribution is -2.34. The Kier molecular flexibility index (Phi) is 5.95. The highest BCUT2D eigenvalue weighted by atomic mass is 19.1. The van der Waals surface area contributed by atoms with Gasteiger partial charge in [-0.1, -0.05) is 11.2 Å². The van der Waals surface area contributed by atoms with Crippen LogP contribution in [0.15, 0.2) is 53.1 Å². The van der Waals surface area contributed by atoms with Gasteiger partial charge in [0.2, 0.25) is 5.82 Å². The molecule has 0 unspecified atom stereocenters. The fourth-order valence-corrected chi connectivity index (χ4v) is 2.33. The molecule has 2 N–H and O–H groups in total. The summed E-state index contributed by atoms with van der Waals surface area (Å²) < 4.78 is 22.9. The maximum Gasteiger partial charge on any atom is 0.316 e. The minimum atomic E-state index is -0.573. The maximum atomic E-state index is 12.9. The van der Waals surface area contributed by atoms with Gasteiger partial charge in [-0.15, -0.1) is 0 Å². The molecule has 0 aliphatic rings. The molecule has 1 aromatic heterocycles. The standard InChI is InChI=1S/C19H17FN4O4/c1-27-15-4-2-3-13(11-15)17(25)21-9-10-22-18(26)19-23-16(24-28-19)12-5-7-14(20)8-6-12/h2-8,11H,9-10H2,1H3,(H,21,25)(H,22,26). The fourth-order valence-electron chi connectivity index (χ4n) is 2.33. The number of hydrogen-bond acceptors (Lipinski definition) is 6. The van der Waals surface area contributed by atoms with Crippen LogP contribution >= 0.6 is 0 Å². The van der Waals surface area contributed by atoms with Crippen LogP contribution in [0.3, 0.4) is 0 Å². The summed E-state index contributed by atoms with van der Waals surface area (Å²) in [5.74, 6) is -0.716. The molecule has 2 aromatic carbocycles. The SMILES string of the molecule is COc1cccc(C(=O)NCCNC(=O)c2nc(-c3ccc(F)cc3)no2)c1. The predicted molar refractivity (Wildman–Crippen MR) is 97.4 cm³/mol. The molecule has 3 rings (SSSR count). The van der Waals surface area contributed by atoms with E-state index in [4.69, 9.17) is 9.26 Å². The van der Waals surface area contributed by atoms with E-state index < -0.39 is 5.91 Å². The van der Waals surface area contributed by atoms with Gasteiger partial charge in [0, 0.05) is 24.2 Å². The van der Waals surface area contributed by atoms with Gasteiger partial charge >= 0.3 is 11.8 Å². The number of nitrogens with one attached hydrogen (secondary N) is 2. The summed E-state index contributed by atoms with van der Waals surface area (Å²) >= 11 is 0. The molecule has 0 fully saturated rings. The van der Waals surface area contributed by atoms with E-state index in [9.17, 15) is 14.0 Å². The second-order valence-electron chi connectivity index (χ2n) is 5.67. The van der Waals surface area contributed by atoms with Gasteiger partial charge in [-0.05, 0) is 42.5 Å². The second kappa shape index (κ2) is 8.76. The van der Waals surface area contributed by atoms with Gasteiger partial charge in [0.05, 0.1) is 7.11 Å². The van der Waals surface area contributed by atoms with Crippen LogP contribution in [0.2, 0.25) is 0 Å². The van der Waals surface area contributed by atoms with E-state index in [1.807, 2.05) is 0 Å². The number of hydrogen-bond donors (Lipinski definition) is 2. The second-order valence-corrected chi connectivity index (χ2v) is 5.67. The highest BCUT2D eigenvalue weighted by Gasteiger charge is 2.16. The summed E-state index contributed by atoms with van der Waals surface area (Å²) in [6.45, 7) is 0.379. The largest absolute Gasteiger partial charge is 0.497 e. The number of ether oxygens (including phenoxy) is 1. The maximum absolute atomic E-state index is 12.9. The number of methoxy groups -OCH3 is 1. The number of halogens is 1. The van der Waals surface area contributed by atoms with Crippen molar-refractivity contribution in [2.24, 2.45) is 0 Å². The third kappa shape index (κ3) is 4.70. The number of aromatic nitrogens is 2. The summed E-state index contributed by atoms with van der Waals surface area (Å²) in [5, 5.41) is 8.95. The molecule has 0 bridgehead atoms. The Bertz CT molecular complexity index is 972. The Morgan fingerprint density at radius 2 is 1.79 bits per heavy atom. The number of carbonyl (C=O) groups excluding carboxylic acids is 2. The zero-order valence-corrected chi connectivity index (χ0v) is 14.9. The van der Waals surface area contributed by atoms with Crippen LogP contribution in [0.25, 0.3) is 11.4 Å². The summed E-state index contributed by atoms with van der Waals surface area (Å²) in [6.07, 6.45) is 0. The van der Waals surface area contributed by atoms with Crippen LogP contribution in [0.4, 0.5) is 4.39 Å². The van der Waals surface area contributed by atoms with E-state index in [1.165, 1.54) is 31.4 Å². The molecule has 2 amide bonds. The monoisotopic (exact) mass is 384 g/mol. The van der Waals surface area contributed by atoms with Crippen LogP contribution in [0.1, 0.15) is 21.0 Å². The number of amides is 2. The number of nitrogens with zero attached hydrogens (tertiary/aromatic N) is 2. The molecule has 8 nitrogen and oxygen atoms in total. The van der Waals surface area contributed by atoms with E-state index in [0.717, 1.165) is 0 Å². The lowest BCUT2D eigenvalue weighted by molar-refractivity contribution is 0.0898. The molecule has 0 aliphatic carbocycles. The van der Waals surface area contributed by atoms with Gasteiger partial charge in [-0.3, -0.25) is 9.59 Å². The van der Waals surface area contributed by atoms with Gasteiger partial charge in [-0.25, -0.2) is 4.39 Å². The normalized spacial score (nSPS) is 10.4. The molecule has 3 aromatic rings. The molecule has 144 valence electrons. The van der Waals surface area contributed by atoms with E-state index in [-0.39, 0.29) is 36.5 Å². The Morgan fingerprint density at radius 3 is 2.50 bits per heavy atom. The predicted octanol–water partition coefficient (Wildman–Crippen LogP) is 2.04. The lowest BCUT2D eigenvalue weighted by atomic mass is 10.2. The van der Waals surface area contributed by atoms with Gasteiger partial charge in [0.25, 0.3) is 5.91 Å². The van der Waals surface area contributed by atoms with Crippen molar-refractivity contribution in [1.82, 2.24) is 20.8 Å². The molecule has 0 saturated carbocycles. The molecule has 0 radical (unpaired) electrons. The Balaban J connectivity index is 1.48. The molecule has 0 aliphatic heterocycles. The first-order valence-corrected chi connectivity index (χ1v) is 8.37. The first-order chi connectivity index (χ1) is 13.6. The highest BCUT2D eigenvalue weighted by molar-refractivity contribution is 5.94. The summed E-state index contributed by atoms with van der Waals surface area (Å²) in [4.78, 5) is 28.1. The fraction of sp³-hybridized carbons (Fsp3) is 0.158. The van der Waals surface area contributed by atoms with Crippen LogP contribution in [-0.2, 0) is 0 Å². The molecule has 0 spiro atoms. The molecule has 9 heteroatoms. The van der Waals surface area contributed by atoms with Crippen molar-refractivity contribution in [3.05, 3.63) is 65.8 Å². The van der Waals surface area contributed by atoms with Crippen molar-refractivity contribution in [2.75, 3.05) is 20.2 Å². The Labute approximate surface area is 159 Å². The first kappa shape index (κ1) is 19.0. The van der Waals surface area contributed by atoms with Crippen LogP contribution in [0.5, 0.6) is 5.75 Å². The average Bonchev–Trinajstić information content (AvgIpc) is 3.22. The topological polar surface area (TPSA) is 106 Å². The lowest BCUT2D eigenvalue weighted by Gasteiger charge is -2.07. The molecular weight excluding hydrogens is 367 g/mol. The Hall–Kier alpha value is -3.75. The minimum absolute atomic E-state index is 0.169. The zero-order valence-electron chi connectivity index (χ0n) is 14.9. The number of rotatable bonds is 7. The van der Waals surface area contributed by atoms with E-state index in [0.29, 0.717) is 16.9 Å². The van der Waals surface area contributed by atoms with Crippen LogP contribution < -0.4 is 15.4 Å². The van der Waals surface area contributed by atoms with Crippen molar-refractivity contribution in [2.45, 2.75) is 0 Å². The number of benzene rings is 2. The molecule has 1 heterocycles. The van der Waals surface area contributed by atoms with Gasteiger partial charge in [-0.2, -0.15) is 4.98 Å². The van der Waals surface area contributed by atoms with E-state index in [2.05, 4.69) is 20.8 Å². The first-order valence-electron chi connectivity index (χ1n) is 8.37. The third-order valence-corrected chi connectivity index (χ3v) is 3.75. The molecule has 0 saturated heterocycles. The van der Waals surface area contributed by atoms with Crippen LogP contribution in [-0.4, -0.2) is 42.2 Å². The summed E-state index contributed by atoms with van der Waals surface area (Å²) in [5.41, 5.74) is 0.973. The van der Waals surface area contributed by atoms with Gasteiger partial charge in [0.1, 0.15) is 11.6 Å². The molecular formula is C19H17FN4O4. The zero-order chi connectivity index (χ0) is 19.9. The molecule has 0 atom stereocenters. The van der Waals surface area contributed by atoms with E-state index >= 15 is 0 Å². The van der Waals surface area contributed by atoms with Crippen molar-refractivity contribution >= 4 is 11.8 Å². The van der Waals surface area contributed by atoms with Gasteiger partial charge < -0.3 is 19.9 Å². The van der Waals surface area contributed by atoms with Crippen molar-refractivity contribution in [1.29, 1.82) is 0 Å². The molecule has 28 heavy (non-hydrogen) atoms.